The summed E-state index contributed by atoms with van der Waals surface area (Å²) in [5, 5.41) is 24.5. The molecule has 1 heterocycles. The molecule has 0 radical (unpaired) electrons. The summed E-state index contributed by atoms with van der Waals surface area (Å²) >= 11 is 0. The summed E-state index contributed by atoms with van der Waals surface area (Å²) in [6.45, 7) is 6.43. The lowest BCUT2D eigenvalue weighted by atomic mass is 9.72. The van der Waals surface area contributed by atoms with Crippen LogP contribution in [0.4, 0.5) is 0 Å². The molecule has 25 heavy (non-hydrogen) atoms. The van der Waals surface area contributed by atoms with Crippen molar-refractivity contribution in [3.63, 3.8) is 0 Å². The number of nitrogens with one attached hydrogen (secondary N) is 2. The van der Waals surface area contributed by atoms with Gasteiger partial charge in [0.05, 0.1) is 0 Å². The first-order valence-electron chi connectivity index (χ1n) is 9.08. The maximum atomic E-state index is 9.45. The minimum Gasteiger partial charge on any atom is -0.396 e. The van der Waals surface area contributed by atoms with Crippen LogP contribution in [0.15, 0.2) is 4.99 Å². The van der Waals surface area contributed by atoms with Crippen molar-refractivity contribution in [2.45, 2.75) is 58.9 Å². The maximum Gasteiger partial charge on any atom is 0.191 e. The number of rotatable bonds is 7. The minimum absolute atomic E-state index is 0. The molecule has 1 fully saturated rings. The van der Waals surface area contributed by atoms with Gasteiger partial charge < -0.3 is 20.3 Å². The third-order valence-electron chi connectivity index (χ3n) is 5.09. The largest absolute Gasteiger partial charge is 0.396 e. The predicted molar refractivity (Wildman–Crippen MR) is 111 cm³/mol. The highest BCUT2D eigenvalue weighted by molar-refractivity contribution is 14.0. The van der Waals surface area contributed by atoms with Gasteiger partial charge in [0.15, 0.2) is 11.8 Å². The van der Waals surface area contributed by atoms with Crippen molar-refractivity contribution in [3.8, 4) is 0 Å². The van der Waals surface area contributed by atoms with Crippen LogP contribution in [-0.4, -0.2) is 45.5 Å². The van der Waals surface area contributed by atoms with Crippen LogP contribution in [0.25, 0.3) is 0 Å². The van der Waals surface area contributed by atoms with E-state index in [4.69, 9.17) is 0 Å². The molecule has 7 nitrogen and oxygen atoms in total. The minimum atomic E-state index is 0. The topological polar surface area (TPSA) is 87.4 Å². The summed E-state index contributed by atoms with van der Waals surface area (Å²) in [4.78, 5) is 4.64. The Morgan fingerprint density at radius 2 is 1.96 bits per heavy atom. The standard InChI is InChI=1S/C17H32N6O.HI/c1-4-18-16(19-12-15-22-21-14(2)23(15)3)20-13-17(10-11-24)8-6-5-7-9-17;/h24H,4-13H2,1-3H3,(H2,18,19,20);1H. The zero-order valence-electron chi connectivity index (χ0n) is 15.7. The van der Waals surface area contributed by atoms with Crippen molar-refractivity contribution < 1.29 is 5.11 Å². The third kappa shape index (κ3) is 6.40. The van der Waals surface area contributed by atoms with Crippen molar-refractivity contribution >= 4 is 29.9 Å². The van der Waals surface area contributed by atoms with Gasteiger partial charge >= 0.3 is 0 Å². The fraction of sp³-hybridized carbons (Fsp3) is 0.824. The Morgan fingerprint density at radius 1 is 1.24 bits per heavy atom. The number of nitrogens with zero attached hydrogens (tertiary/aromatic N) is 4. The Bertz CT molecular complexity index is 534. The summed E-state index contributed by atoms with van der Waals surface area (Å²) in [7, 11) is 1.96. The molecule has 144 valence electrons. The van der Waals surface area contributed by atoms with E-state index in [0.717, 1.165) is 37.1 Å². The Hall–Kier alpha value is -0.900. The number of hydrogen-bond acceptors (Lipinski definition) is 4. The second-order valence-corrected chi connectivity index (χ2v) is 6.81. The predicted octanol–water partition coefficient (Wildman–Crippen LogP) is 2.13. The van der Waals surface area contributed by atoms with Gasteiger partial charge in [0.2, 0.25) is 0 Å². The normalized spacial score (nSPS) is 17.0. The van der Waals surface area contributed by atoms with Crippen molar-refractivity contribution in [2.75, 3.05) is 19.7 Å². The number of aromatic nitrogens is 3. The van der Waals surface area contributed by atoms with Gasteiger partial charge in [-0.2, -0.15) is 0 Å². The van der Waals surface area contributed by atoms with Crippen LogP contribution in [0.3, 0.4) is 0 Å². The first-order valence-corrected chi connectivity index (χ1v) is 9.08. The summed E-state index contributed by atoms with van der Waals surface area (Å²) in [6, 6.07) is 0. The smallest absolute Gasteiger partial charge is 0.191 e. The number of aliphatic imine (C=N–C) groups is 1. The van der Waals surface area contributed by atoms with E-state index in [1.807, 2.05) is 18.5 Å². The van der Waals surface area contributed by atoms with Crippen molar-refractivity contribution in [3.05, 3.63) is 11.6 Å². The molecule has 1 aliphatic rings. The lowest BCUT2D eigenvalue weighted by Crippen LogP contribution is -2.45. The Balaban J connectivity index is 0.00000312. The molecular weight excluding hydrogens is 431 g/mol. The number of aliphatic hydroxyl groups excluding tert-OH is 1. The summed E-state index contributed by atoms with van der Waals surface area (Å²) < 4.78 is 1.96. The van der Waals surface area contributed by atoms with E-state index >= 15 is 0 Å². The SMILES string of the molecule is CCNC(=NCc1nnc(C)n1C)NCC1(CCO)CCCCC1.I. The number of aryl methyl sites for hydroxylation is 1. The van der Waals surface area contributed by atoms with E-state index < -0.39 is 0 Å². The lowest BCUT2D eigenvalue weighted by Gasteiger charge is -2.37. The van der Waals surface area contributed by atoms with Crippen LogP contribution in [-0.2, 0) is 13.6 Å². The van der Waals surface area contributed by atoms with E-state index in [2.05, 4.69) is 32.7 Å². The van der Waals surface area contributed by atoms with Crippen LogP contribution < -0.4 is 10.6 Å². The van der Waals surface area contributed by atoms with Gasteiger partial charge in [0.25, 0.3) is 0 Å². The molecule has 0 spiro atoms. The van der Waals surface area contributed by atoms with Gasteiger partial charge in [-0.05, 0) is 38.5 Å². The summed E-state index contributed by atoms with van der Waals surface area (Å²) in [5.41, 5.74) is 0.199. The molecule has 0 aromatic carbocycles. The molecule has 0 bridgehead atoms. The molecule has 1 aliphatic carbocycles. The maximum absolute atomic E-state index is 9.45. The second-order valence-electron chi connectivity index (χ2n) is 6.81. The second kappa shape index (κ2) is 10.9. The van der Waals surface area contributed by atoms with Crippen molar-refractivity contribution in [1.82, 2.24) is 25.4 Å². The highest BCUT2D eigenvalue weighted by Crippen LogP contribution is 2.38. The fourth-order valence-electron chi connectivity index (χ4n) is 3.41. The van der Waals surface area contributed by atoms with E-state index in [1.165, 1.54) is 32.1 Å². The molecule has 0 aliphatic heterocycles. The van der Waals surface area contributed by atoms with Gasteiger partial charge in [0, 0.05) is 26.7 Å². The monoisotopic (exact) mass is 464 g/mol. The Kier molecular flexibility index (Phi) is 9.70. The number of halogens is 1. The first kappa shape index (κ1) is 22.1. The van der Waals surface area contributed by atoms with Crippen LogP contribution in [0, 0.1) is 12.3 Å². The average molecular weight is 464 g/mol. The quantitative estimate of drug-likeness (QED) is 0.327. The molecule has 8 heteroatoms. The van der Waals surface area contributed by atoms with E-state index in [1.54, 1.807) is 0 Å². The molecule has 0 saturated heterocycles. The van der Waals surface area contributed by atoms with E-state index in [0.29, 0.717) is 6.54 Å². The van der Waals surface area contributed by atoms with Crippen LogP contribution in [0.1, 0.15) is 57.1 Å². The molecule has 3 N–H and O–H groups in total. The molecule has 0 unspecified atom stereocenters. The van der Waals surface area contributed by atoms with E-state index in [-0.39, 0.29) is 36.0 Å². The van der Waals surface area contributed by atoms with E-state index in [9.17, 15) is 5.11 Å². The Morgan fingerprint density at radius 3 is 2.52 bits per heavy atom. The molecule has 0 amide bonds. The molecule has 0 atom stereocenters. The van der Waals surface area contributed by atoms with Gasteiger partial charge in [-0.1, -0.05) is 19.3 Å². The van der Waals surface area contributed by atoms with Crippen LogP contribution in [0.5, 0.6) is 0 Å². The molecule has 1 aromatic rings. The highest BCUT2D eigenvalue weighted by Gasteiger charge is 2.31. The highest BCUT2D eigenvalue weighted by atomic mass is 127. The average Bonchev–Trinajstić information content (AvgIpc) is 2.90. The number of aliphatic hydroxyl groups is 1. The van der Waals surface area contributed by atoms with Crippen LogP contribution in [0.2, 0.25) is 0 Å². The lowest BCUT2D eigenvalue weighted by molar-refractivity contribution is 0.131. The zero-order valence-corrected chi connectivity index (χ0v) is 18.0. The van der Waals surface area contributed by atoms with Gasteiger partial charge in [-0.25, -0.2) is 4.99 Å². The zero-order chi connectivity index (χ0) is 17.4. The molecular formula is C17H33IN6O. The fourth-order valence-corrected chi connectivity index (χ4v) is 3.41. The number of guanidine groups is 1. The molecule has 2 rings (SSSR count). The number of hydrogen-bond donors (Lipinski definition) is 3. The van der Waals surface area contributed by atoms with Gasteiger partial charge in [0.1, 0.15) is 12.4 Å². The van der Waals surface area contributed by atoms with Crippen LogP contribution >= 0.6 is 24.0 Å². The van der Waals surface area contributed by atoms with Gasteiger partial charge in [-0.3, -0.25) is 0 Å². The summed E-state index contributed by atoms with van der Waals surface area (Å²) in [6.07, 6.45) is 7.06. The first-order chi connectivity index (χ1) is 11.6. The Labute approximate surface area is 168 Å². The van der Waals surface area contributed by atoms with Crippen molar-refractivity contribution in [2.24, 2.45) is 17.5 Å². The molecule has 1 saturated carbocycles. The van der Waals surface area contributed by atoms with Crippen molar-refractivity contribution in [1.29, 1.82) is 0 Å². The molecule has 1 aromatic heterocycles. The third-order valence-corrected chi connectivity index (χ3v) is 5.09. The summed E-state index contributed by atoms with van der Waals surface area (Å²) in [5.74, 6) is 2.55. The van der Waals surface area contributed by atoms with Gasteiger partial charge in [-0.15, -0.1) is 34.2 Å².